The Hall–Kier alpha value is -0.540. The molecule has 1 atom stereocenters. The topological polar surface area (TPSA) is 46.3 Å². The van der Waals surface area contributed by atoms with Crippen LogP contribution in [0.1, 0.15) is 18.2 Å². The molecule has 0 aliphatic rings. The third-order valence-electron chi connectivity index (χ3n) is 1.18. The van der Waals surface area contributed by atoms with Gasteiger partial charge in [-0.3, -0.25) is 0 Å². The summed E-state index contributed by atoms with van der Waals surface area (Å²) in [7, 11) is 0. The molecule has 0 spiro atoms. The summed E-state index contributed by atoms with van der Waals surface area (Å²) in [5.74, 6) is 0.425. The fourth-order valence-corrected chi connectivity index (χ4v) is 0.852. The van der Waals surface area contributed by atoms with E-state index in [9.17, 15) is 5.11 Å². The van der Waals surface area contributed by atoms with Gasteiger partial charge in [0.25, 0.3) is 0 Å². The van der Waals surface area contributed by atoms with Crippen molar-refractivity contribution in [2.45, 2.75) is 12.5 Å². The van der Waals surface area contributed by atoms with Gasteiger partial charge < -0.3 is 9.63 Å². The summed E-state index contributed by atoms with van der Waals surface area (Å²) in [6.45, 7) is 0. The SMILES string of the molecule is O[C@H](CCCl)c1ccon1. The minimum Gasteiger partial charge on any atom is -0.387 e. The molecule has 1 aromatic rings. The Kier molecular flexibility index (Phi) is 2.71. The Balaban J connectivity index is 2.50. The Bertz CT molecular complexity index is 176. The van der Waals surface area contributed by atoms with Crippen molar-refractivity contribution in [3.8, 4) is 0 Å². The molecule has 3 nitrogen and oxygen atoms in total. The number of hydrogen-bond acceptors (Lipinski definition) is 3. The molecule has 0 saturated heterocycles. The smallest absolute Gasteiger partial charge is 0.124 e. The first-order valence-corrected chi connectivity index (χ1v) is 3.52. The molecule has 0 aliphatic heterocycles. The maximum Gasteiger partial charge on any atom is 0.124 e. The quantitative estimate of drug-likeness (QED) is 0.681. The molecule has 56 valence electrons. The lowest BCUT2D eigenvalue weighted by atomic mass is 10.2. The minimum atomic E-state index is -0.587. The van der Waals surface area contributed by atoms with Crippen LogP contribution in [0, 0.1) is 0 Å². The van der Waals surface area contributed by atoms with E-state index in [1.54, 1.807) is 6.07 Å². The third kappa shape index (κ3) is 1.72. The Morgan fingerprint density at radius 2 is 2.60 bits per heavy atom. The minimum absolute atomic E-state index is 0.425. The van der Waals surface area contributed by atoms with E-state index in [0.29, 0.717) is 18.0 Å². The number of aliphatic hydroxyl groups is 1. The van der Waals surface area contributed by atoms with Crippen LogP contribution in [0.2, 0.25) is 0 Å². The van der Waals surface area contributed by atoms with E-state index in [1.807, 2.05) is 0 Å². The summed E-state index contributed by atoms with van der Waals surface area (Å²) in [6, 6.07) is 1.62. The van der Waals surface area contributed by atoms with Crippen LogP contribution in [-0.4, -0.2) is 16.1 Å². The van der Waals surface area contributed by atoms with E-state index >= 15 is 0 Å². The number of nitrogens with zero attached hydrogens (tertiary/aromatic N) is 1. The Labute approximate surface area is 63.6 Å². The zero-order chi connectivity index (χ0) is 7.40. The second kappa shape index (κ2) is 3.58. The van der Waals surface area contributed by atoms with Crippen LogP contribution >= 0.6 is 11.6 Å². The number of aromatic nitrogens is 1. The lowest BCUT2D eigenvalue weighted by molar-refractivity contribution is 0.164. The molecule has 4 heteroatoms. The summed E-state index contributed by atoms with van der Waals surface area (Å²) in [5.41, 5.74) is 0.542. The molecule has 0 unspecified atom stereocenters. The van der Waals surface area contributed by atoms with Gasteiger partial charge in [0, 0.05) is 11.9 Å². The van der Waals surface area contributed by atoms with E-state index in [0.717, 1.165) is 0 Å². The van der Waals surface area contributed by atoms with Crippen molar-refractivity contribution in [3.05, 3.63) is 18.0 Å². The van der Waals surface area contributed by atoms with E-state index in [1.165, 1.54) is 6.26 Å². The maximum absolute atomic E-state index is 9.20. The first-order valence-electron chi connectivity index (χ1n) is 2.99. The predicted octanol–water partition coefficient (Wildman–Crippen LogP) is 1.34. The number of aliphatic hydroxyl groups excluding tert-OH is 1. The standard InChI is InChI=1S/C6H8ClNO2/c7-3-1-6(9)5-2-4-10-8-5/h2,4,6,9H,1,3H2/t6-/m1/s1. The highest BCUT2D eigenvalue weighted by Gasteiger charge is 2.08. The van der Waals surface area contributed by atoms with Crippen molar-refractivity contribution in [2.24, 2.45) is 0 Å². The van der Waals surface area contributed by atoms with Gasteiger partial charge in [-0.25, -0.2) is 0 Å². The van der Waals surface area contributed by atoms with Gasteiger partial charge in [-0.15, -0.1) is 11.6 Å². The largest absolute Gasteiger partial charge is 0.387 e. The average Bonchev–Trinajstić information content (AvgIpc) is 2.38. The second-order valence-corrected chi connectivity index (χ2v) is 2.30. The van der Waals surface area contributed by atoms with E-state index in [2.05, 4.69) is 9.68 Å². The van der Waals surface area contributed by atoms with Crippen molar-refractivity contribution >= 4 is 11.6 Å². The van der Waals surface area contributed by atoms with Gasteiger partial charge in [0.1, 0.15) is 18.1 Å². The zero-order valence-electron chi connectivity index (χ0n) is 5.33. The van der Waals surface area contributed by atoms with Crippen LogP contribution in [0.4, 0.5) is 0 Å². The van der Waals surface area contributed by atoms with Crippen LogP contribution in [0.25, 0.3) is 0 Å². The van der Waals surface area contributed by atoms with Gasteiger partial charge in [0.05, 0.1) is 0 Å². The molecule has 1 N–H and O–H groups in total. The third-order valence-corrected chi connectivity index (χ3v) is 1.40. The molecular weight excluding hydrogens is 154 g/mol. The van der Waals surface area contributed by atoms with Crippen LogP contribution in [0.5, 0.6) is 0 Å². The van der Waals surface area contributed by atoms with Crippen molar-refractivity contribution < 1.29 is 9.63 Å². The number of rotatable bonds is 3. The average molecular weight is 162 g/mol. The molecule has 0 bridgehead atoms. The van der Waals surface area contributed by atoms with Gasteiger partial charge >= 0.3 is 0 Å². The first kappa shape index (κ1) is 7.57. The van der Waals surface area contributed by atoms with Gasteiger partial charge in [0.2, 0.25) is 0 Å². The van der Waals surface area contributed by atoms with Gasteiger partial charge in [0.15, 0.2) is 0 Å². The van der Waals surface area contributed by atoms with Crippen LogP contribution in [0.3, 0.4) is 0 Å². The van der Waals surface area contributed by atoms with Gasteiger partial charge in [-0.1, -0.05) is 5.16 Å². The van der Waals surface area contributed by atoms with Gasteiger partial charge in [-0.05, 0) is 6.42 Å². The molecule has 0 amide bonds. The molecular formula is C6H8ClNO2. The molecule has 1 aromatic heterocycles. The summed E-state index contributed by atoms with van der Waals surface area (Å²) >= 11 is 5.39. The highest BCUT2D eigenvalue weighted by atomic mass is 35.5. The van der Waals surface area contributed by atoms with Crippen molar-refractivity contribution in [1.29, 1.82) is 0 Å². The molecule has 1 heterocycles. The molecule has 0 fully saturated rings. The van der Waals surface area contributed by atoms with E-state index in [4.69, 9.17) is 11.6 Å². The monoisotopic (exact) mass is 161 g/mol. The van der Waals surface area contributed by atoms with Crippen molar-refractivity contribution in [2.75, 3.05) is 5.88 Å². The van der Waals surface area contributed by atoms with Crippen LogP contribution in [-0.2, 0) is 0 Å². The highest BCUT2D eigenvalue weighted by molar-refractivity contribution is 6.17. The normalized spacial score (nSPS) is 13.4. The molecule has 0 aromatic carbocycles. The highest BCUT2D eigenvalue weighted by Crippen LogP contribution is 2.13. The lowest BCUT2D eigenvalue weighted by Crippen LogP contribution is -1.97. The lowest BCUT2D eigenvalue weighted by Gasteiger charge is -2.01. The molecule has 0 saturated carbocycles. The van der Waals surface area contributed by atoms with Crippen LogP contribution < -0.4 is 0 Å². The molecule has 10 heavy (non-hydrogen) atoms. The second-order valence-electron chi connectivity index (χ2n) is 1.92. The van der Waals surface area contributed by atoms with Crippen LogP contribution in [0.15, 0.2) is 16.9 Å². The summed E-state index contributed by atoms with van der Waals surface area (Å²) in [4.78, 5) is 0. The zero-order valence-corrected chi connectivity index (χ0v) is 6.08. The fourth-order valence-electron chi connectivity index (χ4n) is 0.645. The number of halogens is 1. The summed E-state index contributed by atoms with van der Waals surface area (Å²) < 4.78 is 4.53. The Morgan fingerprint density at radius 1 is 1.80 bits per heavy atom. The summed E-state index contributed by atoms with van der Waals surface area (Å²) in [6.07, 6.45) is 1.34. The molecule has 0 radical (unpaired) electrons. The summed E-state index contributed by atoms with van der Waals surface area (Å²) in [5, 5.41) is 12.8. The molecule has 1 rings (SSSR count). The van der Waals surface area contributed by atoms with E-state index < -0.39 is 6.10 Å². The number of hydrogen-bond donors (Lipinski definition) is 1. The van der Waals surface area contributed by atoms with Crippen molar-refractivity contribution in [3.63, 3.8) is 0 Å². The van der Waals surface area contributed by atoms with Crippen molar-refractivity contribution in [1.82, 2.24) is 5.16 Å². The molecule has 0 aliphatic carbocycles. The van der Waals surface area contributed by atoms with Gasteiger partial charge in [-0.2, -0.15) is 0 Å². The Morgan fingerprint density at radius 3 is 3.10 bits per heavy atom. The predicted molar refractivity (Wildman–Crippen MR) is 36.8 cm³/mol. The first-order chi connectivity index (χ1) is 4.84. The van der Waals surface area contributed by atoms with E-state index in [-0.39, 0.29) is 0 Å². The maximum atomic E-state index is 9.20. The number of alkyl halides is 1. The fraction of sp³-hybridized carbons (Fsp3) is 0.500.